The number of nitrogens with zero attached hydrogens (tertiary/aromatic N) is 1. The van der Waals surface area contributed by atoms with Crippen LogP contribution in [0.3, 0.4) is 0 Å². The van der Waals surface area contributed by atoms with Crippen LogP contribution in [0, 0.1) is 0 Å². The van der Waals surface area contributed by atoms with Gasteiger partial charge in [-0.15, -0.1) is 12.4 Å². The zero-order valence-corrected chi connectivity index (χ0v) is 15.3. The van der Waals surface area contributed by atoms with E-state index in [1.54, 1.807) is 18.2 Å². The monoisotopic (exact) mass is 383 g/mol. The Kier molecular flexibility index (Phi) is 7.43. The van der Waals surface area contributed by atoms with Crippen molar-refractivity contribution >= 4 is 32.5 Å². The van der Waals surface area contributed by atoms with Crippen LogP contribution >= 0.6 is 12.4 Å². The molecule has 132 valence electrons. The average Bonchev–Trinajstić information content (AvgIpc) is 2.48. The van der Waals surface area contributed by atoms with Crippen LogP contribution < -0.4 is 10.0 Å². The van der Waals surface area contributed by atoms with Gasteiger partial charge in [0.05, 0.1) is 10.6 Å². The second-order valence-corrected chi connectivity index (χ2v) is 9.00. The Balaban J connectivity index is 0.00000264. The van der Waals surface area contributed by atoms with Gasteiger partial charge in [-0.1, -0.05) is 18.2 Å². The van der Waals surface area contributed by atoms with Crippen molar-refractivity contribution in [2.75, 3.05) is 31.9 Å². The van der Waals surface area contributed by atoms with Crippen LogP contribution in [0.1, 0.15) is 6.92 Å². The van der Waals surface area contributed by atoms with Crippen molar-refractivity contribution in [1.82, 2.24) is 14.3 Å². The Morgan fingerprint density at radius 2 is 1.87 bits per heavy atom. The molecule has 0 amide bonds. The molecule has 2 rings (SSSR count). The first kappa shape index (κ1) is 20.3. The van der Waals surface area contributed by atoms with Gasteiger partial charge in [0.25, 0.3) is 0 Å². The normalized spacial score (nSPS) is 20.0. The maximum Gasteiger partial charge on any atom is 0.240 e. The first-order valence-corrected chi connectivity index (χ1v) is 10.2. The van der Waals surface area contributed by atoms with Crippen LogP contribution in [-0.2, 0) is 20.0 Å². The molecule has 10 heteroatoms. The second-order valence-electron chi connectivity index (χ2n) is 5.19. The van der Waals surface area contributed by atoms with Gasteiger partial charge in [0.1, 0.15) is 0 Å². The standard InChI is InChI=1S/C13H21N3O4S2.ClH/c1-12-11-14-7-9-16(12)21(17,18)10-8-15-22(19,20)13-5-3-2-4-6-13;/h2-6,12,14-15H,7-11H2,1H3;1H. The van der Waals surface area contributed by atoms with Gasteiger partial charge in [-0.25, -0.2) is 21.6 Å². The minimum atomic E-state index is -3.67. The Labute approximate surface area is 144 Å². The molecule has 0 spiro atoms. The molecule has 7 nitrogen and oxygen atoms in total. The predicted octanol–water partition coefficient (Wildman–Crippen LogP) is 0.0102. The van der Waals surface area contributed by atoms with Gasteiger partial charge < -0.3 is 5.32 Å². The van der Waals surface area contributed by atoms with Gasteiger partial charge in [-0.05, 0) is 19.1 Å². The first-order chi connectivity index (χ1) is 10.3. The number of halogens is 1. The van der Waals surface area contributed by atoms with Gasteiger partial charge in [-0.2, -0.15) is 4.31 Å². The van der Waals surface area contributed by atoms with E-state index in [2.05, 4.69) is 10.0 Å². The van der Waals surface area contributed by atoms with Gasteiger partial charge >= 0.3 is 0 Å². The molecule has 1 aliphatic heterocycles. The van der Waals surface area contributed by atoms with E-state index in [9.17, 15) is 16.8 Å². The van der Waals surface area contributed by atoms with E-state index in [0.717, 1.165) is 0 Å². The van der Waals surface area contributed by atoms with E-state index in [1.807, 2.05) is 6.92 Å². The molecule has 1 atom stereocenters. The third-order valence-corrected chi connectivity index (χ3v) is 6.96. The third kappa shape index (κ3) is 5.40. The molecule has 1 saturated heterocycles. The number of hydrogen-bond donors (Lipinski definition) is 2. The number of nitrogens with one attached hydrogen (secondary N) is 2. The van der Waals surface area contributed by atoms with Gasteiger partial charge in [-0.3, -0.25) is 0 Å². The lowest BCUT2D eigenvalue weighted by molar-refractivity contribution is 0.284. The van der Waals surface area contributed by atoms with Crippen molar-refractivity contribution in [3.63, 3.8) is 0 Å². The van der Waals surface area contributed by atoms with Crippen LogP contribution in [0.25, 0.3) is 0 Å². The molecular formula is C13H22ClN3O4S2. The smallest absolute Gasteiger partial charge is 0.240 e. The van der Waals surface area contributed by atoms with Crippen molar-refractivity contribution in [3.05, 3.63) is 30.3 Å². The summed E-state index contributed by atoms with van der Waals surface area (Å²) in [7, 11) is -7.14. The summed E-state index contributed by atoms with van der Waals surface area (Å²) in [4.78, 5) is 0.128. The molecule has 1 unspecified atom stereocenters. The van der Waals surface area contributed by atoms with Gasteiger partial charge in [0.2, 0.25) is 20.0 Å². The van der Waals surface area contributed by atoms with Gasteiger partial charge in [0.15, 0.2) is 0 Å². The lowest BCUT2D eigenvalue weighted by Crippen LogP contribution is -2.53. The summed E-state index contributed by atoms with van der Waals surface area (Å²) in [5.41, 5.74) is 0. The van der Waals surface area contributed by atoms with Crippen molar-refractivity contribution in [3.8, 4) is 0 Å². The number of piperazine rings is 1. The van der Waals surface area contributed by atoms with E-state index in [4.69, 9.17) is 0 Å². The summed E-state index contributed by atoms with van der Waals surface area (Å²) in [5.74, 6) is -0.247. The van der Waals surface area contributed by atoms with E-state index < -0.39 is 20.0 Å². The van der Waals surface area contributed by atoms with Crippen LogP contribution in [0.15, 0.2) is 35.2 Å². The van der Waals surface area contributed by atoms with E-state index in [1.165, 1.54) is 16.4 Å². The fraction of sp³-hybridized carbons (Fsp3) is 0.538. The second kappa shape index (κ2) is 8.41. The molecule has 1 aromatic carbocycles. The third-order valence-electron chi connectivity index (χ3n) is 3.50. The van der Waals surface area contributed by atoms with Crippen LogP contribution in [-0.4, -0.2) is 59.1 Å². The highest BCUT2D eigenvalue weighted by Crippen LogP contribution is 2.10. The highest BCUT2D eigenvalue weighted by molar-refractivity contribution is 7.90. The molecule has 0 aromatic heterocycles. The molecule has 0 radical (unpaired) electrons. The minimum absolute atomic E-state index is 0. The molecule has 0 saturated carbocycles. The lowest BCUT2D eigenvalue weighted by atomic mass is 10.3. The summed E-state index contributed by atoms with van der Waals surface area (Å²) in [6.07, 6.45) is 0. The molecular weight excluding hydrogens is 362 g/mol. The Bertz CT molecular complexity index is 695. The Morgan fingerprint density at radius 3 is 2.48 bits per heavy atom. The maximum absolute atomic E-state index is 12.3. The average molecular weight is 384 g/mol. The largest absolute Gasteiger partial charge is 0.314 e. The number of hydrogen-bond acceptors (Lipinski definition) is 5. The topological polar surface area (TPSA) is 95.6 Å². The predicted molar refractivity (Wildman–Crippen MR) is 91.7 cm³/mol. The molecule has 1 heterocycles. The molecule has 0 bridgehead atoms. The van der Waals surface area contributed by atoms with Crippen molar-refractivity contribution in [2.45, 2.75) is 17.9 Å². The molecule has 1 aliphatic rings. The molecule has 23 heavy (non-hydrogen) atoms. The Hall–Kier alpha value is -0.710. The zero-order valence-electron chi connectivity index (χ0n) is 12.8. The molecule has 0 aliphatic carbocycles. The SMILES string of the molecule is CC1CNCCN1S(=O)(=O)CCNS(=O)(=O)c1ccccc1.Cl. The highest BCUT2D eigenvalue weighted by Gasteiger charge is 2.29. The summed E-state index contributed by atoms with van der Waals surface area (Å²) in [6.45, 7) is 3.32. The number of rotatable bonds is 6. The minimum Gasteiger partial charge on any atom is -0.314 e. The van der Waals surface area contributed by atoms with E-state index >= 15 is 0 Å². The highest BCUT2D eigenvalue weighted by atomic mass is 35.5. The summed E-state index contributed by atoms with van der Waals surface area (Å²) < 4.78 is 52.4. The fourth-order valence-electron chi connectivity index (χ4n) is 2.34. The summed E-state index contributed by atoms with van der Waals surface area (Å²) >= 11 is 0. The zero-order chi connectivity index (χ0) is 16.2. The van der Waals surface area contributed by atoms with Crippen LogP contribution in [0.4, 0.5) is 0 Å². The number of sulfonamides is 2. The van der Waals surface area contributed by atoms with Crippen molar-refractivity contribution < 1.29 is 16.8 Å². The quantitative estimate of drug-likeness (QED) is 0.721. The number of benzene rings is 1. The Morgan fingerprint density at radius 1 is 1.22 bits per heavy atom. The van der Waals surface area contributed by atoms with Crippen LogP contribution in [0.2, 0.25) is 0 Å². The summed E-state index contributed by atoms with van der Waals surface area (Å²) in [6, 6.07) is 7.77. The molecule has 1 fully saturated rings. The van der Waals surface area contributed by atoms with Crippen molar-refractivity contribution in [2.24, 2.45) is 0 Å². The lowest BCUT2D eigenvalue weighted by Gasteiger charge is -2.32. The fourth-order valence-corrected chi connectivity index (χ4v) is 5.11. The molecule has 2 N–H and O–H groups in total. The van der Waals surface area contributed by atoms with Crippen LogP contribution in [0.5, 0.6) is 0 Å². The maximum atomic E-state index is 12.3. The van der Waals surface area contributed by atoms with Crippen molar-refractivity contribution in [1.29, 1.82) is 0 Å². The summed E-state index contributed by atoms with van der Waals surface area (Å²) in [5, 5.41) is 3.12. The molecule has 1 aromatic rings. The van der Waals surface area contributed by atoms with Gasteiger partial charge in [0, 0.05) is 32.2 Å². The van der Waals surface area contributed by atoms with E-state index in [-0.39, 0.29) is 35.6 Å². The first-order valence-electron chi connectivity index (χ1n) is 7.08. The van der Waals surface area contributed by atoms with E-state index in [0.29, 0.717) is 19.6 Å².